The number of carbonyl (C=O) groups excluding carboxylic acids is 1. The Balaban J connectivity index is 2.33. The predicted molar refractivity (Wildman–Crippen MR) is 65.9 cm³/mol. The van der Waals surface area contributed by atoms with Crippen LogP contribution in [0.4, 0.5) is 0 Å². The zero-order chi connectivity index (χ0) is 13.3. The van der Waals surface area contributed by atoms with Crippen molar-refractivity contribution in [3.63, 3.8) is 0 Å². The van der Waals surface area contributed by atoms with Crippen LogP contribution in [0.15, 0.2) is 12.4 Å². The lowest BCUT2D eigenvalue weighted by atomic mass is 10.0. The highest BCUT2D eigenvalue weighted by Crippen LogP contribution is 2.33. The minimum atomic E-state index is -0.859. The second-order valence-electron chi connectivity index (χ2n) is 4.80. The molecule has 1 fully saturated rings. The zero-order valence-corrected chi connectivity index (χ0v) is 11.0. The molecule has 1 amide bonds. The number of halogens is 1. The molecular weight excluding hydrogens is 252 g/mol. The fraction of sp³-hybridized carbons (Fsp3) is 0.500. The number of aromatic nitrogens is 2. The molecule has 0 saturated heterocycles. The molecule has 18 heavy (non-hydrogen) atoms. The third-order valence-electron chi connectivity index (χ3n) is 2.83. The molecule has 1 aromatic rings. The molecule has 1 aliphatic rings. The van der Waals surface area contributed by atoms with E-state index in [0.717, 1.165) is 12.8 Å². The van der Waals surface area contributed by atoms with Crippen molar-refractivity contribution in [2.24, 2.45) is 0 Å². The minimum absolute atomic E-state index is 0.118. The van der Waals surface area contributed by atoms with Crippen LogP contribution >= 0.6 is 11.6 Å². The summed E-state index contributed by atoms with van der Waals surface area (Å²) in [5.41, 5.74) is -0.680. The SMILES string of the molecule is CC(C)(C#N)N(C(=O)c1cncc(Cl)n1)C1CC1. The van der Waals surface area contributed by atoms with Gasteiger partial charge in [-0.15, -0.1) is 0 Å². The van der Waals surface area contributed by atoms with Crippen molar-refractivity contribution in [2.75, 3.05) is 0 Å². The van der Waals surface area contributed by atoms with Gasteiger partial charge in [-0.25, -0.2) is 4.98 Å². The van der Waals surface area contributed by atoms with Gasteiger partial charge in [0.2, 0.25) is 0 Å². The molecule has 0 aliphatic heterocycles. The second kappa shape index (κ2) is 4.54. The van der Waals surface area contributed by atoms with E-state index in [1.807, 2.05) is 0 Å². The highest BCUT2D eigenvalue weighted by Gasteiger charge is 2.42. The maximum atomic E-state index is 12.4. The van der Waals surface area contributed by atoms with Gasteiger partial charge in [0.05, 0.1) is 18.5 Å². The monoisotopic (exact) mass is 264 g/mol. The van der Waals surface area contributed by atoms with Gasteiger partial charge in [-0.05, 0) is 26.7 Å². The van der Waals surface area contributed by atoms with Crippen LogP contribution in [0.3, 0.4) is 0 Å². The Morgan fingerprint density at radius 3 is 2.72 bits per heavy atom. The molecule has 1 aliphatic carbocycles. The third-order valence-corrected chi connectivity index (χ3v) is 3.01. The summed E-state index contributed by atoms with van der Waals surface area (Å²) in [5.74, 6) is -0.293. The summed E-state index contributed by atoms with van der Waals surface area (Å²) in [6, 6.07) is 2.27. The summed E-state index contributed by atoms with van der Waals surface area (Å²) in [7, 11) is 0. The maximum absolute atomic E-state index is 12.4. The highest BCUT2D eigenvalue weighted by atomic mass is 35.5. The largest absolute Gasteiger partial charge is 0.316 e. The van der Waals surface area contributed by atoms with Crippen molar-refractivity contribution in [3.05, 3.63) is 23.2 Å². The molecule has 0 unspecified atom stereocenters. The lowest BCUT2D eigenvalue weighted by molar-refractivity contribution is 0.0608. The van der Waals surface area contributed by atoms with Crippen LogP contribution in [0.1, 0.15) is 37.2 Å². The molecule has 0 bridgehead atoms. The maximum Gasteiger partial charge on any atom is 0.275 e. The van der Waals surface area contributed by atoms with Crippen LogP contribution in [-0.2, 0) is 0 Å². The molecule has 0 spiro atoms. The van der Waals surface area contributed by atoms with E-state index in [2.05, 4.69) is 16.0 Å². The Morgan fingerprint density at radius 1 is 1.56 bits per heavy atom. The molecule has 1 heterocycles. The second-order valence-corrected chi connectivity index (χ2v) is 5.19. The van der Waals surface area contributed by atoms with E-state index < -0.39 is 5.54 Å². The van der Waals surface area contributed by atoms with E-state index in [1.54, 1.807) is 18.7 Å². The molecule has 1 saturated carbocycles. The molecule has 0 N–H and O–H groups in total. The summed E-state index contributed by atoms with van der Waals surface area (Å²) in [5, 5.41) is 9.36. The molecular formula is C12H13ClN4O. The zero-order valence-electron chi connectivity index (χ0n) is 10.2. The molecule has 0 radical (unpaired) electrons. The van der Waals surface area contributed by atoms with Gasteiger partial charge in [-0.3, -0.25) is 9.78 Å². The number of hydrogen-bond donors (Lipinski definition) is 0. The highest BCUT2D eigenvalue weighted by molar-refractivity contribution is 6.29. The van der Waals surface area contributed by atoms with Crippen molar-refractivity contribution in [3.8, 4) is 6.07 Å². The summed E-state index contributed by atoms with van der Waals surface area (Å²) >= 11 is 5.73. The smallest absolute Gasteiger partial charge is 0.275 e. The Bertz CT molecular complexity index is 519. The van der Waals surface area contributed by atoms with Crippen molar-refractivity contribution >= 4 is 17.5 Å². The van der Waals surface area contributed by atoms with Gasteiger partial charge in [0.1, 0.15) is 16.4 Å². The number of nitriles is 1. The van der Waals surface area contributed by atoms with Gasteiger partial charge in [0, 0.05) is 6.04 Å². The van der Waals surface area contributed by atoms with Crippen molar-refractivity contribution in [1.29, 1.82) is 5.26 Å². The quantitative estimate of drug-likeness (QED) is 0.838. The lowest BCUT2D eigenvalue weighted by Crippen LogP contribution is -2.48. The molecule has 1 aromatic heterocycles. The van der Waals surface area contributed by atoms with Crippen LogP contribution in [0, 0.1) is 11.3 Å². The predicted octanol–water partition coefficient (Wildman–Crippen LogP) is 2.04. The van der Waals surface area contributed by atoms with E-state index in [9.17, 15) is 10.1 Å². The first kappa shape index (κ1) is 12.8. The summed E-state index contributed by atoms with van der Waals surface area (Å²) in [6.07, 6.45) is 4.59. The van der Waals surface area contributed by atoms with Crippen LogP contribution < -0.4 is 0 Å². The molecule has 94 valence electrons. The molecule has 5 nitrogen and oxygen atoms in total. The van der Waals surface area contributed by atoms with Crippen LogP contribution in [0.25, 0.3) is 0 Å². The van der Waals surface area contributed by atoms with E-state index in [1.165, 1.54) is 12.4 Å². The van der Waals surface area contributed by atoms with Gasteiger partial charge >= 0.3 is 0 Å². The number of carbonyl (C=O) groups is 1. The van der Waals surface area contributed by atoms with Crippen LogP contribution in [0.5, 0.6) is 0 Å². The molecule has 2 rings (SSSR count). The van der Waals surface area contributed by atoms with Gasteiger partial charge in [-0.1, -0.05) is 11.6 Å². The standard InChI is InChI=1S/C12H13ClN4O/c1-12(2,7-14)17(8-3-4-8)11(18)9-5-15-6-10(13)16-9/h5-6,8H,3-4H2,1-2H3. The van der Waals surface area contributed by atoms with E-state index in [-0.39, 0.29) is 22.8 Å². The first-order valence-corrected chi connectivity index (χ1v) is 6.06. The fourth-order valence-electron chi connectivity index (χ4n) is 1.83. The number of rotatable bonds is 3. The van der Waals surface area contributed by atoms with Crippen molar-refractivity contribution < 1.29 is 4.79 Å². The average molecular weight is 265 g/mol. The summed E-state index contributed by atoms with van der Waals surface area (Å²) in [6.45, 7) is 3.45. The van der Waals surface area contributed by atoms with Crippen molar-refractivity contribution in [2.45, 2.75) is 38.3 Å². The van der Waals surface area contributed by atoms with Crippen LogP contribution in [-0.4, -0.2) is 32.4 Å². The first-order valence-electron chi connectivity index (χ1n) is 5.68. The van der Waals surface area contributed by atoms with E-state index >= 15 is 0 Å². The van der Waals surface area contributed by atoms with E-state index in [0.29, 0.717) is 0 Å². The Hall–Kier alpha value is -1.67. The van der Waals surface area contributed by atoms with E-state index in [4.69, 9.17) is 11.6 Å². The topological polar surface area (TPSA) is 69.9 Å². The van der Waals surface area contributed by atoms with Gasteiger partial charge in [-0.2, -0.15) is 5.26 Å². The average Bonchev–Trinajstić information content (AvgIpc) is 3.13. The Labute approximate surface area is 110 Å². The molecule has 0 aromatic carbocycles. The van der Waals surface area contributed by atoms with Crippen LogP contribution in [0.2, 0.25) is 5.15 Å². The number of hydrogen-bond acceptors (Lipinski definition) is 4. The first-order chi connectivity index (χ1) is 8.45. The Kier molecular flexibility index (Phi) is 3.22. The van der Waals surface area contributed by atoms with Crippen molar-refractivity contribution in [1.82, 2.24) is 14.9 Å². The van der Waals surface area contributed by atoms with Gasteiger partial charge < -0.3 is 4.90 Å². The number of amides is 1. The number of nitrogens with zero attached hydrogens (tertiary/aromatic N) is 4. The minimum Gasteiger partial charge on any atom is -0.316 e. The summed E-state index contributed by atoms with van der Waals surface area (Å²) in [4.78, 5) is 21.8. The Morgan fingerprint density at radius 2 is 2.22 bits per heavy atom. The summed E-state index contributed by atoms with van der Waals surface area (Å²) < 4.78 is 0. The lowest BCUT2D eigenvalue weighted by Gasteiger charge is -2.33. The van der Waals surface area contributed by atoms with Gasteiger partial charge in [0.25, 0.3) is 5.91 Å². The fourth-order valence-corrected chi connectivity index (χ4v) is 1.98. The third kappa shape index (κ3) is 2.44. The van der Waals surface area contributed by atoms with Gasteiger partial charge in [0.15, 0.2) is 0 Å². The molecule has 0 atom stereocenters. The molecule has 6 heteroatoms. The normalized spacial score (nSPS) is 15.0.